The van der Waals surface area contributed by atoms with Gasteiger partial charge in [-0.2, -0.15) is 0 Å². The maximum absolute atomic E-state index is 12.9. The van der Waals surface area contributed by atoms with E-state index in [1.54, 1.807) is 4.90 Å². The highest BCUT2D eigenvalue weighted by Gasteiger charge is 2.31. The third kappa shape index (κ3) is 5.84. The molecule has 1 fully saturated rings. The normalized spacial score (nSPS) is 17.9. The second kappa shape index (κ2) is 11.4. The van der Waals surface area contributed by atoms with Crippen LogP contribution >= 0.6 is 0 Å². The summed E-state index contributed by atoms with van der Waals surface area (Å²) in [6.45, 7) is 3.09. The molecule has 1 aliphatic carbocycles. The summed E-state index contributed by atoms with van der Waals surface area (Å²) < 4.78 is 5.67. The molecule has 0 bridgehead atoms. The Balaban J connectivity index is 1.36. The number of likely N-dealkylation sites (tertiary alicyclic amines) is 1. The van der Waals surface area contributed by atoms with E-state index in [9.17, 15) is 19.5 Å². The van der Waals surface area contributed by atoms with Crippen LogP contribution in [0.4, 0.5) is 4.79 Å². The molecule has 1 aliphatic heterocycles. The number of carbonyl (C=O) groups excluding carboxylic acids is 2. The lowest BCUT2D eigenvalue weighted by Crippen LogP contribution is -2.45. The predicted octanol–water partition coefficient (Wildman–Crippen LogP) is 4.80. The fraction of sp³-hybridized carbons (Fsp3) is 0.464. The molecule has 0 radical (unpaired) electrons. The van der Waals surface area contributed by atoms with E-state index >= 15 is 0 Å². The topological polar surface area (TPSA) is 95.9 Å². The van der Waals surface area contributed by atoms with Gasteiger partial charge in [-0.05, 0) is 41.5 Å². The maximum atomic E-state index is 12.9. The number of hydrogen-bond donors (Lipinski definition) is 2. The lowest BCUT2D eigenvalue weighted by atomic mass is 9.97. The number of carbonyl (C=O) groups is 3. The second-order valence-electron chi connectivity index (χ2n) is 9.53. The predicted molar refractivity (Wildman–Crippen MR) is 133 cm³/mol. The van der Waals surface area contributed by atoms with Crippen molar-refractivity contribution >= 4 is 18.0 Å². The van der Waals surface area contributed by atoms with Crippen molar-refractivity contribution in [3.63, 3.8) is 0 Å². The van der Waals surface area contributed by atoms with Gasteiger partial charge in [0.2, 0.25) is 5.91 Å². The van der Waals surface area contributed by atoms with Gasteiger partial charge < -0.3 is 20.1 Å². The quantitative estimate of drug-likeness (QED) is 0.540. The van der Waals surface area contributed by atoms with Crippen molar-refractivity contribution < 1.29 is 24.2 Å². The van der Waals surface area contributed by atoms with E-state index in [4.69, 9.17) is 4.74 Å². The minimum Gasteiger partial charge on any atom is -0.481 e. The molecule has 1 heterocycles. The highest BCUT2D eigenvalue weighted by molar-refractivity contribution is 5.80. The minimum absolute atomic E-state index is 0.0230. The summed E-state index contributed by atoms with van der Waals surface area (Å²) in [5.41, 5.74) is 4.64. The minimum atomic E-state index is -0.859. The summed E-state index contributed by atoms with van der Waals surface area (Å²) in [4.78, 5) is 38.6. The van der Waals surface area contributed by atoms with Crippen molar-refractivity contribution in [2.45, 2.75) is 57.4 Å². The van der Waals surface area contributed by atoms with Crippen LogP contribution in [0.15, 0.2) is 48.5 Å². The van der Waals surface area contributed by atoms with Crippen LogP contribution in [0.25, 0.3) is 11.1 Å². The highest BCUT2D eigenvalue weighted by atomic mass is 16.5. The van der Waals surface area contributed by atoms with E-state index in [0.717, 1.165) is 24.0 Å². The summed E-state index contributed by atoms with van der Waals surface area (Å²) >= 11 is 0. The number of rotatable bonds is 9. The first kappa shape index (κ1) is 24.8. The number of nitrogens with one attached hydrogen (secondary N) is 1. The zero-order chi connectivity index (χ0) is 24.8. The van der Waals surface area contributed by atoms with Crippen molar-refractivity contribution in [2.75, 3.05) is 19.7 Å². The molecule has 7 nitrogen and oxygen atoms in total. The average Bonchev–Trinajstić information content (AvgIpc) is 3.19. The summed E-state index contributed by atoms with van der Waals surface area (Å²) in [6.07, 6.45) is 3.39. The molecule has 1 saturated heterocycles. The molecule has 2 unspecified atom stereocenters. The first-order chi connectivity index (χ1) is 17.0. The first-order valence-electron chi connectivity index (χ1n) is 12.6. The fourth-order valence-electron chi connectivity index (χ4n) is 5.23. The Hall–Kier alpha value is -3.35. The summed E-state index contributed by atoms with van der Waals surface area (Å²) in [5.74, 6) is -1.51. The van der Waals surface area contributed by atoms with Gasteiger partial charge in [0.1, 0.15) is 6.61 Å². The number of ether oxygens (including phenoxy) is 1. The van der Waals surface area contributed by atoms with Crippen LogP contribution in [0, 0.1) is 5.92 Å². The first-order valence-corrected chi connectivity index (χ1v) is 12.6. The zero-order valence-corrected chi connectivity index (χ0v) is 20.2. The molecule has 0 saturated carbocycles. The van der Waals surface area contributed by atoms with Crippen molar-refractivity contribution in [3.8, 4) is 11.1 Å². The van der Waals surface area contributed by atoms with Crippen LogP contribution in [-0.4, -0.2) is 53.7 Å². The number of benzene rings is 2. The van der Waals surface area contributed by atoms with Crippen LogP contribution in [0.2, 0.25) is 0 Å². The molecule has 0 aromatic heterocycles. The van der Waals surface area contributed by atoms with Crippen LogP contribution < -0.4 is 5.32 Å². The third-order valence-electron chi connectivity index (χ3n) is 7.12. The number of unbranched alkanes of at least 4 members (excludes halogenated alkanes) is 1. The molecule has 2 aromatic carbocycles. The molecular formula is C28H34N2O5. The molecule has 2 aromatic rings. The van der Waals surface area contributed by atoms with Crippen molar-refractivity contribution in [3.05, 3.63) is 59.7 Å². The van der Waals surface area contributed by atoms with Crippen LogP contribution in [0.5, 0.6) is 0 Å². The number of alkyl carbamates (subject to hydrolysis) is 1. The summed E-state index contributed by atoms with van der Waals surface area (Å²) in [7, 11) is 0. The zero-order valence-electron chi connectivity index (χ0n) is 20.2. The Morgan fingerprint density at radius 2 is 1.74 bits per heavy atom. The van der Waals surface area contributed by atoms with Gasteiger partial charge in [-0.15, -0.1) is 0 Å². The van der Waals surface area contributed by atoms with Crippen molar-refractivity contribution in [2.24, 2.45) is 5.92 Å². The highest BCUT2D eigenvalue weighted by Crippen LogP contribution is 2.44. The SMILES string of the molecule is CCCCC(CC(=O)N1CCCC(C(=O)O)C1)NC(=O)OCC1c2ccccc2-c2ccccc21. The van der Waals surface area contributed by atoms with Gasteiger partial charge in [0.25, 0.3) is 0 Å². The molecule has 4 rings (SSSR count). The monoisotopic (exact) mass is 478 g/mol. The fourth-order valence-corrected chi connectivity index (χ4v) is 5.23. The molecule has 2 atom stereocenters. The van der Waals surface area contributed by atoms with E-state index in [0.29, 0.717) is 25.8 Å². The van der Waals surface area contributed by atoms with Crippen LogP contribution in [-0.2, 0) is 14.3 Å². The molecular weight excluding hydrogens is 444 g/mol. The number of carboxylic acids is 1. The molecule has 186 valence electrons. The molecule has 2 aliphatic rings. The number of aliphatic carboxylic acids is 1. The van der Waals surface area contributed by atoms with E-state index in [1.807, 2.05) is 24.3 Å². The molecule has 0 spiro atoms. The van der Waals surface area contributed by atoms with Crippen molar-refractivity contribution in [1.29, 1.82) is 0 Å². The Labute approximate surface area is 206 Å². The Morgan fingerprint density at radius 3 is 2.37 bits per heavy atom. The molecule has 2 amide bonds. The second-order valence-corrected chi connectivity index (χ2v) is 9.53. The van der Waals surface area contributed by atoms with Gasteiger partial charge in [-0.3, -0.25) is 9.59 Å². The average molecular weight is 479 g/mol. The molecule has 35 heavy (non-hydrogen) atoms. The van der Waals surface area contributed by atoms with E-state index < -0.39 is 18.0 Å². The summed E-state index contributed by atoms with van der Waals surface area (Å²) in [6, 6.07) is 16.0. The van der Waals surface area contributed by atoms with Gasteiger partial charge in [-0.1, -0.05) is 68.3 Å². The Morgan fingerprint density at radius 1 is 1.09 bits per heavy atom. The van der Waals surface area contributed by atoms with Crippen molar-refractivity contribution in [1.82, 2.24) is 10.2 Å². The standard InChI is InChI=1S/C28H34N2O5/c1-2-3-10-20(16-26(31)30-15-8-9-19(17-30)27(32)33)29-28(34)35-18-25-23-13-6-4-11-21(23)22-12-5-7-14-24(22)25/h4-7,11-14,19-20,25H,2-3,8-10,15-18H2,1H3,(H,29,34)(H,32,33). The number of hydrogen-bond acceptors (Lipinski definition) is 4. The van der Waals surface area contributed by atoms with Crippen LogP contribution in [0.3, 0.4) is 0 Å². The van der Waals surface area contributed by atoms with Crippen LogP contribution in [0.1, 0.15) is 62.5 Å². The van der Waals surface area contributed by atoms with Gasteiger partial charge in [0.15, 0.2) is 0 Å². The van der Waals surface area contributed by atoms with Gasteiger partial charge in [0, 0.05) is 31.5 Å². The molecule has 7 heteroatoms. The number of piperidine rings is 1. The molecule has 2 N–H and O–H groups in total. The lowest BCUT2D eigenvalue weighted by Gasteiger charge is -2.32. The van der Waals surface area contributed by atoms with Gasteiger partial charge >= 0.3 is 12.1 Å². The largest absolute Gasteiger partial charge is 0.481 e. The number of carboxylic acid groups (broad SMARTS) is 1. The lowest BCUT2D eigenvalue weighted by molar-refractivity contribution is -0.145. The Kier molecular flexibility index (Phi) is 8.06. The van der Waals surface area contributed by atoms with E-state index in [-0.39, 0.29) is 37.4 Å². The summed E-state index contributed by atoms with van der Waals surface area (Å²) in [5, 5.41) is 12.2. The third-order valence-corrected chi connectivity index (χ3v) is 7.12. The van der Waals surface area contributed by atoms with E-state index in [2.05, 4.69) is 36.5 Å². The van der Waals surface area contributed by atoms with Gasteiger partial charge in [-0.25, -0.2) is 4.79 Å². The van der Waals surface area contributed by atoms with Gasteiger partial charge in [0.05, 0.1) is 5.92 Å². The maximum Gasteiger partial charge on any atom is 0.407 e. The number of nitrogens with zero attached hydrogens (tertiary/aromatic N) is 1. The number of amides is 2. The smallest absolute Gasteiger partial charge is 0.407 e. The number of fused-ring (bicyclic) bond motifs is 3. The Bertz CT molecular complexity index is 1020. The van der Waals surface area contributed by atoms with E-state index in [1.165, 1.54) is 11.1 Å².